The molecule has 2 aromatic rings. The standard InChI is InChI=1S/C16H18BrFN2/c1-10-4-3-5-14(11(10)2)16(20-19)9-12-8-13(18)6-7-15(12)17/h3-8,16,20H,9,19H2,1-2H3. The summed E-state index contributed by atoms with van der Waals surface area (Å²) in [7, 11) is 0. The van der Waals surface area contributed by atoms with Gasteiger partial charge in [-0.2, -0.15) is 0 Å². The third kappa shape index (κ3) is 3.26. The summed E-state index contributed by atoms with van der Waals surface area (Å²) in [6.45, 7) is 4.15. The van der Waals surface area contributed by atoms with Crippen LogP contribution in [0.15, 0.2) is 40.9 Å². The van der Waals surface area contributed by atoms with Gasteiger partial charge in [-0.05, 0) is 60.7 Å². The maximum absolute atomic E-state index is 13.4. The van der Waals surface area contributed by atoms with Crippen molar-refractivity contribution < 1.29 is 4.39 Å². The summed E-state index contributed by atoms with van der Waals surface area (Å²) < 4.78 is 14.3. The fourth-order valence-electron chi connectivity index (χ4n) is 2.33. The van der Waals surface area contributed by atoms with E-state index in [2.05, 4.69) is 47.3 Å². The number of benzene rings is 2. The van der Waals surface area contributed by atoms with Gasteiger partial charge in [0.25, 0.3) is 0 Å². The second kappa shape index (κ2) is 6.48. The van der Waals surface area contributed by atoms with Crippen LogP contribution in [0.1, 0.15) is 28.3 Å². The number of rotatable bonds is 4. The topological polar surface area (TPSA) is 38.0 Å². The fraction of sp³-hybridized carbons (Fsp3) is 0.250. The highest BCUT2D eigenvalue weighted by Crippen LogP contribution is 2.27. The van der Waals surface area contributed by atoms with Crippen LogP contribution in [0.3, 0.4) is 0 Å². The maximum Gasteiger partial charge on any atom is 0.123 e. The van der Waals surface area contributed by atoms with E-state index in [1.807, 2.05) is 6.07 Å². The average Bonchev–Trinajstić information content (AvgIpc) is 2.43. The molecule has 0 aromatic heterocycles. The zero-order valence-corrected chi connectivity index (χ0v) is 13.2. The van der Waals surface area contributed by atoms with Gasteiger partial charge in [-0.3, -0.25) is 11.3 Å². The van der Waals surface area contributed by atoms with Crippen LogP contribution >= 0.6 is 15.9 Å². The summed E-state index contributed by atoms with van der Waals surface area (Å²) >= 11 is 3.46. The summed E-state index contributed by atoms with van der Waals surface area (Å²) in [6.07, 6.45) is 0.624. The van der Waals surface area contributed by atoms with Crippen LogP contribution < -0.4 is 11.3 Å². The van der Waals surface area contributed by atoms with Gasteiger partial charge in [0.05, 0.1) is 6.04 Å². The second-order valence-electron chi connectivity index (χ2n) is 4.95. The Balaban J connectivity index is 2.34. The van der Waals surface area contributed by atoms with Crippen LogP contribution in [0.5, 0.6) is 0 Å². The minimum atomic E-state index is -0.236. The van der Waals surface area contributed by atoms with Gasteiger partial charge in [0.2, 0.25) is 0 Å². The third-order valence-corrected chi connectivity index (χ3v) is 4.43. The van der Waals surface area contributed by atoms with E-state index in [0.29, 0.717) is 6.42 Å². The predicted molar refractivity (Wildman–Crippen MR) is 83.8 cm³/mol. The number of nitrogens with one attached hydrogen (secondary N) is 1. The lowest BCUT2D eigenvalue weighted by molar-refractivity contribution is 0.545. The molecule has 0 fully saturated rings. The Kier molecular flexibility index (Phi) is 4.91. The fourth-order valence-corrected chi connectivity index (χ4v) is 2.74. The predicted octanol–water partition coefficient (Wildman–Crippen LogP) is 3.95. The smallest absolute Gasteiger partial charge is 0.123 e. The minimum absolute atomic E-state index is 0.0481. The van der Waals surface area contributed by atoms with E-state index in [0.717, 1.165) is 15.6 Å². The van der Waals surface area contributed by atoms with Gasteiger partial charge in [0.15, 0.2) is 0 Å². The Morgan fingerprint density at radius 2 is 2.00 bits per heavy atom. The van der Waals surface area contributed by atoms with Crippen molar-refractivity contribution in [3.8, 4) is 0 Å². The molecule has 106 valence electrons. The van der Waals surface area contributed by atoms with Crippen LogP contribution in [0.4, 0.5) is 4.39 Å². The van der Waals surface area contributed by atoms with Crippen molar-refractivity contribution in [1.82, 2.24) is 5.43 Å². The molecular weight excluding hydrogens is 319 g/mol. The Hall–Kier alpha value is -1.23. The van der Waals surface area contributed by atoms with Gasteiger partial charge in [0.1, 0.15) is 5.82 Å². The summed E-state index contributed by atoms with van der Waals surface area (Å²) in [5.74, 6) is 5.46. The van der Waals surface area contributed by atoms with E-state index in [4.69, 9.17) is 5.84 Å². The lowest BCUT2D eigenvalue weighted by atomic mass is 9.93. The summed E-state index contributed by atoms with van der Waals surface area (Å²) in [5.41, 5.74) is 7.31. The minimum Gasteiger partial charge on any atom is -0.271 e. The highest BCUT2D eigenvalue weighted by molar-refractivity contribution is 9.10. The van der Waals surface area contributed by atoms with Crippen molar-refractivity contribution in [2.45, 2.75) is 26.3 Å². The molecule has 0 amide bonds. The summed E-state index contributed by atoms with van der Waals surface area (Å²) in [4.78, 5) is 0. The van der Waals surface area contributed by atoms with Crippen LogP contribution in [0, 0.1) is 19.7 Å². The van der Waals surface area contributed by atoms with E-state index in [1.165, 1.54) is 17.2 Å². The van der Waals surface area contributed by atoms with Gasteiger partial charge in [0, 0.05) is 4.47 Å². The normalized spacial score (nSPS) is 12.4. The van der Waals surface area contributed by atoms with Gasteiger partial charge < -0.3 is 0 Å². The Bertz CT molecular complexity index is 613. The second-order valence-corrected chi connectivity index (χ2v) is 5.80. The molecule has 0 saturated heterocycles. The number of hydrogen-bond acceptors (Lipinski definition) is 2. The van der Waals surface area contributed by atoms with Gasteiger partial charge >= 0.3 is 0 Å². The summed E-state index contributed by atoms with van der Waals surface area (Å²) in [6, 6.07) is 10.8. The summed E-state index contributed by atoms with van der Waals surface area (Å²) in [5, 5.41) is 0. The molecular formula is C16H18BrFN2. The van der Waals surface area contributed by atoms with Crippen molar-refractivity contribution in [2.24, 2.45) is 5.84 Å². The molecule has 0 saturated carbocycles. The number of halogens is 2. The van der Waals surface area contributed by atoms with Crippen LogP contribution in [0.25, 0.3) is 0 Å². The molecule has 20 heavy (non-hydrogen) atoms. The van der Waals surface area contributed by atoms with E-state index in [1.54, 1.807) is 12.1 Å². The molecule has 0 heterocycles. The highest BCUT2D eigenvalue weighted by Gasteiger charge is 2.15. The first-order valence-corrected chi connectivity index (χ1v) is 7.28. The lowest BCUT2D eigenvalue weighted by Gasteiger charge is -2.20. The molecule has 0 radical (unpaired) electrons. The molecule has 0 aliphatic rings. The molecule has 2 aromatic carbocycles. The molecule has 1 atom stereocenters. The monoisotopic (exact) mass is 336 g/mol. The number of hydrazine groups is 1. The lowest BCUT2D eigenvalue weighted by Crippen LogP contribution is -2.30. The first kappa shape index (κ1) is 15.2. The van der Waals surface area contributed by atoms with Crippen LogP contribution in [-0.2, 0) is 6.42 Å². The van der Waals surface area contributed by atoms with Crippen LogP contribution in [-0.4, -0.2) is 0 Å². The highest BCUT2D eigenvalue weighted by atomic mass is 79.9. The molecule has 0 spiro atoms. The zero-order valence-electron chi connectivity index (χ0n) is 11.6. The SMILES string of the molecule is Cc1cccc(C(Cc2cc(F)ccc2Br)NN)c1C. The molecule has 2 nitrogen and oxygen atoms in total. The Labute approximate surface area is 127 Å². The third-order valence-electron chi connectivity index (χ3n) is 3.65. The quantitative estimate of drug-likeness (QED) is 0.655. The maximum atomic E-state index is 13.4. The van der Waals surface area contributed by atoms with E-state index >= 15 is 0 Å². The van der Waals surface area contributed by atoms with Crippen molar-refractivity contribution in [1.29, 1.82) is 0 Å². The van der Waals surface area contributed by atoms with Crippen molar-refractivity contribution >= 4 is 15.9 Å². The zero-order chi connectivity index (χ0) is 14.7. The molecule has 4 heteroatoms. The van der Waals surface area contributed by atoms with E-state index in [9.17, 15) is 4.39 Å². The Morgan fingerprint density at radius 1 is 1.25 bits per heavy atom. The van der Waals surface area contributed by atoms with Gasteiger partial charge in [-0.15, -0.1) is 0 Å². The largest absolute Gasteiger partial charge is 0.271 e. The number of hydrogen-bond donors (Lipinski definition) is 2. The average molecular weight is 337 g/mol. The van der Waals surface area contributed by atoms with Crippen molar-refractivity contribution in [3.63, 3.8) is 0 Å². The molecule has 0 aliphatic carbocycles. The number of aryl methyl sites for hydroxylation is 1. The van der Waals surface area contributed by atoms with E-state index in [-0.39, 0.29) is 11.9 Å². The molecule has 0 bridgehead atoms. The van der Waals surface area contributed by atoms with Crippen LogP contribution in [0.2, 0.25) is 0 Å². The van der Waals surface area contributed by atoms with Crippen molar-refractivity contribution in [3.05, 3.63) is 68.9 Å². The first-order chi connectivity index (χ1) is 9.52. The molecule has 3 N–H and O–H groups in total. The molecule has 1 unspecified atom stereocenters. The number of nitrogens with two attached hydrogens (primary N) is 1. The van der Waals surface area contributed by atoms with Gasteiger partial charge in [-0.25, -0.2) is 4.39 Å². The Morgan fingerprint density at radius 3 is 2.70 bits per heavy atom. The van der Waals surface area contributed by atoms with E-state index < -0.39 is 0 Å². The first-order valence-electron chi connectivity index (χ1n) is 6.49. The van der Waals surface area contributed by atoms with Gasteiger partial charge in [-0.1, -0.05) is 34.1 Å². The van der Waals surface area contributed by atoms with Crippen molar-refractivity contribution in [2.75, 3.05) is 0 Å². The molecule has 2 rings (SSSR count). The molecule has 0 aliphatic heterocycles.